The first-order valence-electron chi connectivity index (χ1n) is 6.80. The molecule has 1 atom stereocenters. The van der Waals surface area contributed by atoms with E-state index in [-0.39, 0.29) is 11.8 Å². The molecule has 0 fully saturated rings. The van der Waals surface area contributed by atoms with Crippen molar-refractivity contribution in [2.75, 3.05) is 19.4 Å². The van der Waals surface area contributed by atoms with Crippen LogP contribution in [0.4, 0.5) is 5.69 Å². The van der Waals surface area contributed by atoms with Crippen LogP contribution in [0.5, 0.6) is 0 Å². The summed E-state index contributed by atoms with van der Waals surface area (Å²) >= 11 is 5.94. The summed E-state index contributed by atoms with van der Waals surface area (Å²) in [5, 5.41) is 3.14. The average molecular weight is 312 g/mol. The number of halogens is 1. The second kappa shape index (κ2) is 7.43. The molecule has 1 aromatic carbocycles. The minimum Gasteiger partial charge on any atom is -0.345 e. The maximum atomic E-state index is 12.1. The van der Waals surface area contributed by atoms with Crippen molar-refractivity contribution < 1.29 is 9.59 Å². The SMILES string of the molecule is CC(C)CC(N)C(=O)Nc1cc(Cl)ccc1C(=O)N(C)C. The maximum absolute atomic E-state index is 12.1. The van der Waals surface area contributed by atoms with E-state index in [1.807, 2.05) is 13.8 Å². The Labute approximate surface area is 130 Å². The van der Waals surface area contributed by atoms with Crippen molar-refractivity contribution in [2.24, 2.45) is 11.7 Å². The lowest BCUT2D eigenvalue weighted by atomic mass is 10.0. The summed E-state index contributed by atoms with van der Waals surface area (Å²) < 4.78 is 0. The molecule has 0 spiro atoms. The number of carbonyl (C=O) groups excluding carboxylic acids is 2. The average Bonchev–Trinajstić information content (AvgIpc) is 2.37. The highest BCUT2D eigenvalue weighted by atomic mass is 35.5. The van der Waals surface area contributed by atoms with Gasteiger partial charge in [0.25, 0.3) is 5.91 Å². The monoisotopic (exact) mass is 311 g/mol. The molecule has 1 aromatic rings. The zero-order valence-electron chi connectivity index (χ0n) is 12.8. The Morgan fingerprint density at radius 1 is 1.33 bits per heavy atom. The highest BCUT2D eigenvalue weighted by molar-refractivity contribution is 6.31. The van der Waals surface area contributed by atoms with E-state index in [9.17, 15) is 9.59 Å². The largest absolute Gasteiger partial charge is 0.345 e. The molecule has 21 heavy (non-hydrogen) atoms. The van der Waals surface area contributed by atoms with Crippen LogP contribution < -0.4 is 11.1 Å². The van der Waals surface area contributed by atoms with E-state index >= 15 is 0 Å². The third-order valence-corrected chi connectivity index (χ3v) is 3.17. The smallest absolute Gasteiger partial charge is 0.255 e. The first kappa shape index (κ1) is 17.5. The van der Waals surface area contributed by atoms with E-state index in [1.165, 1.54) is 4.90 Å². The molecule has 0 radical (unpaired) electrons. The summed E-state index contributed by atoms with van der Waals surface area (Å²) in [5.41, 5.74) is 6.61. The first-order valence-corrected chi connectivity index (χ1v) is 7.17. The molecule has 0 bridgehead atoms. The Balaban J connectivity index is 2.99. The maximum Gasteiger partial charge on any atom is 0.255 e. The molecule has 0 aliphatic carbocycles. The van der Waals surface area contributed by atoms with Gasteiger partial charge in [-0.15, -0.1) is 0 Å². The van der Waals surface area contributed by atoms with Crippen molar-refractivity contribution in [3.05, 3.63) is 28.8 Å². The zero-order chi connectivity index (χ0) is 16.2. The number of rotatable bonds is 5. The number of nitrogens with two attached hydrogens (primary N) is 1. The molecule has 0 saturated heterocycles. The van der Waals surface area contributed by atoms with E-state index in [1.54, 1.807) is 32.3 Å². The van der Waals surface area contributed by atoms with Crippen LogP contribution in [0.15, 0.2) is 18.2 Å². The predicted octanol–water partition coefficient (Wildman–Crippen LogP) is 2.35. The van der Waals surface area contributed by atoms with E-state index in [0.29, 0.717) is 28.6 Å². The summed E-state index contributed by atoms with van der Waals surface area (Å²) in [5.74, 6) is -0.217. The summed E-state index contributed by atoms with van der Waals surface area (Å²) in [4.78, 5) is 25.6. The van der Waals surface area contributed by atoms with Crippen molar-refractivity contribution in [1.29, 1.82) is 0 Å². The minimum atomic E-state index is -0.619. The second-order valence-electron chi connectivity index (χ2n) is 5.61. The molecule has 0 aliphatic rings. The van der Waals surface area contributed by atoms with Crippen molar-refractivity contribution in [2.45, 2.75) is 26.3 Å². The standard InChI is InChI=1S/C15H22ClN3O2/c1-9(2)7-12(17)14(20)18-13-8-10(16)5-6-11(13)15(21)19(3)4/h5-6,8-9,12H,7,17H2,1-4H3,(H,18,20). The first-order chi connectivity index (χ1) is 9.72. The molecular weight excluding hydrogens is 290 g/mol. The molecule has 3 N–H and O–H groups in total. The minimum absolute atomic E-state index is 0.209. The Hall–Kier alpha value is -1.59. The van der Waals surface area contributed by atoms with E-state index in [4.69, 9.17) is 17.3 Å². The molecule has 5 nitrogen and oxygen atoms in total. The number of hydrogen-bond donors (Lipinski definition) is 2. The van der Waals surface area contributed by atoms with Crippen LogP contribution in [0.25, 0.3) is 0 Å². The Morgan fingerprint density at radius 3 is 2.48 bits per heavy atom. The number of carbonyl (C=O) groups is 2. The normalized spacial score (nSPS) is 12.1. The van der Waals surface area contributed by atoms with Crippen molar-refractivity contribution in [1.82, 2.24) is 4.90 Å². The third kappa shape index (κ3) is 5.02. The third-order valence-electron chi connectivity index (χ3n) is 2.94. The Kier molecular flexibility index (Phi) is 6.18. The second-order valence-corrected chi connectivity index (χ2v) is 6.05. The summed E-state index contributed by atoms with van der Waals surface area (Å²) in [7, 11) is 3.29. The number of nitrogens with zero attached hydrogens (tertiary/aromatic N) is 1. The molecule has 0 heterocycles. The molecule has 0 saturated carbocycles. The fourth-order valence-electron chi connectivity index (χ4n) is 1.89. The van der Waals surface area contributed by atoms with Gasteiger partial charge in [0.1, 0.15) is 0 Å². The highest BCUT2D eigenvalue weighted by Gasteiger charge is 2.19. The van der Waals surface area contributed by atoms with Crippen LogP contribution in [-0.4, -0.2) is 36.9 Å². The van der Waals surface area contributed by atoms with Gasteiger partial charge in [0.15, 0.2) is 0 Å². The van der Waals surface area contributed by atoms with Gasteiger partial charge in [-0.1, -0.05) is 25.4 Å². The molecule has 2 amide bonds. The molecular formula is C15H22ClN3O2. The number of anilines is 1. The van der Waals surface area contributed by atoms with Gasteiger partial charge in [0, 0.05) is 19.1 Å². The molecule has 0 aromatic heterocycles. The Bertz CT molecular complexity index is 530. The zero-order valence-corrected chi connectivity index (χ0v) is 13.6. The summed E-state index contributed by atoms with van der Waals surface area (Å²) in [6, 6.07) is 4.14. The van der Waals surface area contributed by atoms with Gasteiger partial charge in [0.2, 0.25) is 5.91 Å². The number of amides is 2. The number of nitrogens with one attached hydrogen (secondary N) is 1. The van der Waals surface area contributed by atoms with Gasteiger partial charge in [-0.3, -0.25) is 9.59 Å². The van der Waals surface area contributed by atoms with E-state index in [0.717, 1.165) is 0 Å². The molecule has 0 aliphatic heterocycles. The van der Waals surface area contributed by atoms with E-state index < -0.39 is 6.04 Å². The lowest BCUT2D eigenvalue weighted by Gasteiger charge is -2.18. The lowest BCUT2D eigenvalue weighted by Crippen LogP contribution is -2.37. The van der Waals surface area contributed by atoms with Crippen LogP contribution in [0.1, 0.15) is 30.6 Å². The van der Waals surface area contributed by atoms with Crippen molar-refractivity contribution >= 4 is 29.1 Å². The van der Waals surface area contributed by atoms with Crippen LogP contribution in [0, 0.1) is 5.92 Å². The van der Waals surface area contributed by atoms with Crippen LogP contribution in [0.3, 0.4) is 0 Å². The quantitative estimate of drug-likeness (QED) is 0.876. The highest BCUT2D eigenvalue weighted by Crippen LogP contribution is 2.22. The molecule has 6 heteroatoms. The molecule has 116 valence electrons. The van der Waals surface area contributed by atoms with E-state index in [2.05, 4.69) is 5.32 Å². The van der Waals surface area contributed by atoms with Crippen LogP contribution >= 0.6 is 11.6 Å². The predicted molar refractivity (Wildman–Crippen MR) is 85.5 cm³/mol. The fourth-order valence-corrected chi connectivity index (χ4v) is 2.06. The summed E-state index contributed by atoms with van der Waals surface area (Å²) in [6.07, 6.45) is 0.573. The van der Waals surface area contributed by atoms with Crippen molar-refractivity contribution in [3.8, 4) is 0 Å². The van der Waals surface area contributed by atoms with Crippen LogP contribution in [-0.2, 0) is 4.79 Å². The lowest BCUT2D eigenvalue weighted by molar-refractivity contribution is -0.117. The number of benzene rings is 1. The van der Waals surface area contributed by atoms with Crippen LogP contribution in [0.2, 0.25) is 5.02 Å². The van der Waals surface area contributed by atoms with Gasteiger partial charge in [-0.25, -0.2) is 0 Å². The summed E-state index contributed by atoms with van der Waals surface area (Å²) in [6.45, 7) is 3.99. The van der Waals surface area contributed by atoms with Gasteiger partial charge >= 0.3 is 0 Å². The Morgan fingerprint density at radius 2 is 1.95 bits per heavy atom. The van der Waals surface area contributed by atoms with Gasteiger partial charge in [-0.05, 0) is 30.5 Å². The van der Waals surface area contributed by atoms with Gasteiger partial charge < -0.3 is 16.0 Å². The van der Waals surface area contributed by atoms with Gasteiger partial charge in [-0.2, -0.15) is 0 Å². The van der Waals surface area contributed by atoms with Crippen molar-refractivity contribution in [3.63, 3.8) is 0 Å². The fraction of sp³-hybridized carbons (Fsp3) is 0.467. The molecule has 1 rings (SSSR count). The molecule has 1 unspecified atom stereocenters. The number of hydrogen-bond acceptors (Lipinski definition) is 3. The van der Waals surface area contributed by atoms with Gasteiger partial charge in [0.05, 0.1) is 17.3 Å². The topological polar surface area (TPSA) is 75.4 Å².